The number of aromatic nitrogens is 4. The van der Waals surface area contributed by atoms with Crippen LogP contribution in [0.3, 0.4) is 0 Å². The Labute approximate surface area is 99.4 Å². The Balaban J connectivity index is 2.27. The van der Waals surface area contributed by atoms with Crippen LogP contribution in [0, 0.1) is 0 Å². The number of hydrogen-bond donors (Lipinski definition) is 0. The summed E-state index contributed by atoms with van der Waals surface area (Å²) in [7, 11) is 1.80. The first-order valence-corrected chi connectivity index (χ1v) is 5.62. The van der Waals surface area contributed by atoms with Crippen molar-refractivity contribution in [3.05, 3.63) is 34.9 Å². The molecule has 0 saturated heterocycles. The van der Waals surface area contributed by atoms with E-state index in [4.69, 9.17) is 0 Å². The van der Waals surface area contributed by atoms with Crippen molar-refractivity contribution in [2.45, 2.75) is 26.3 Å². The highest BCUT2D eigenvalue weighted by Crippen LogP contribution is 2.06. The molecule has 0 radical (unpaired) electrons. The Hall–Kier alpha value is -1.91. The highest BCUT2D eigenvalue weighted by Gasteiger charge is 2.07. The summed E-state index contributed by atoms with van der Waals surface area (Å²) in [5.41, 5.74) is 1.82. The lowest BCUT2D eigenvalue weighted by Crippen LogP contribution is -2.22. The van der Waals surface area contributed by atoms with Gasteiger partial charge in [-0.15, -0.1) is 6.58 Å². The first-order valence-electron chi connectivity index (χ1n) is 5.62. The van der Waals surface area contributed by atoms with Crippen LogP contribution in [0.4, 0.5) is 0 Å². The zero-order valence-corrected chi connectivity index (χ0v) is 10.2. The quantitative estimate of drug-likeness (QED) is 0.750. The maximum atomic E-state index is 12.0. The Morgan fingerprint density at radius 2 is 2.18 bits per heavy atom. The molecule has 0 aliphatic heterocycles. The van der Waals surface area contributed by atoms with E-state index in [0.29, 0.717) is 11.9 Å². The van der Waals surface area contributed by atoms with Crippen LogP contribution in [-0.2, 0) is 13.6 Å². The molecule has 0 aliphatic carbocycles. The van der Waals surface area contributed by atoms with Gasteiger partial charge in [-0.1, -0.05) is 5.57 Å². The summed E-state index contributed by atoms with van der Waals surface area (Å²) in [5.74, 6) is 0. The Bertz CT molecular complexity index is 608. The molecule has 17 heavy (non-hydrogen) atoms. The summed E-state index contributed by atoms with van der Waals surface area (Å²) >= 11 is 0. The molecule has 0 N–H and O–H groups in total. The summed E-state index contributed by atoms with van der Waals surface area (Å²) in [6, 6.07) is 0. The first kappa shape index (κ1) is 11.6. The van der Waals surface area contributed by atoms with Crippen LogP contribution in [-0.4, -0.2) is 19.6 Å². The smallest absolute Gasteiger partial charge is 0.267 e. The number of hydrogen-bond acceptors (Lipinski definition) is 3. The van der Waals surface area contributed by atoms with Gasteiger partial charge in [0.05, 0.1) is 23.3 Å². The van der Waals surface area contributed by atoms with Gasteiger partial charge in [-0.25, -0.2) is 4.68 Å². The molecule has 2 rings (SSSR count). The highest BCUT2D eigenvalue weighted by molar-refractivity contribution is 5.76. The number of nitrogens with zero attached hydrogens (tertiary/aromatic N) is 4. The zero-order chi connectivity index (χ0) is 12.4. The maximum Gasteiger partial charge on any atom is 0.277 e. The monoisotopic (exact) mass is 232 g/mol. The van der Waals surface area contributed by atoms with E-state index in [9.17, 15) is 4.79 Å². The van der Waals surface area contributed by atoms with Gasteiger partial charge in [0.1, 0.15) is 0 Å². The van der Waals surface area contributed by atoms with Gasteiger partial charge in [0, 0.05) is 13.6 Å². The molecule has 90 valence electrons. The molecule has 5 nitrogen and oxygen atoms in total. The third-order valence-corrected chi connectivity index (χ3v) is 2.74. The van der Waals surface area contributed by atoms with Crippen molar-refractivity contribution < 1.29 is 0 Å². The number of aryl methyl sites for hydroxylation is 2. The topological polar surface area (TPSA) is 52.7 Å². The predicted molar refractivity (Wildman–Crippen MR) is 66.8 cm³/mol. The van der Waals surface area contributed by atoms with Crippen LogP contribution < -0.4 is 5.56 Å². The zero-order valence-electron chi connectivity index (χ0n) is 10.2. The molecule has 0 aromatic carbocycles. The summed E-state index contributed by atoms with van der Waals surface area (Å²) < 4.78 is 3.15. The van der Waals surface area contributed by atoms with Crippen molar-refractivity contribution in [2.75, 3.05) is 0 Å². The lowest BCUT2D eigenvalue weighted by molar-refractivity contribution is 0.552. The van der Waals surface area contributed by atoms with E-state index in [2.05, 4.69) is 16.8 Å². The predicted octanol–water partition coefficient (Wildman–Crippen LogP) is 1.49. The Morgan fingerprint density at radius 1 is 1.41 bits per heavy atom. The molecule has 0 unspecified atom stereocenters. The summed E-state index contributed by atoms with van der Waals surface area (Å²) in [4.78, 5) is 12.0. The fourth-order valence-electron chi connectivity index (χ4n) is 1.77. The maximum absolute atomic E-state index is 12.0. The van der Waals surface area contributed by atoms with Gasteiger partial charge < -0.3 is 0 Å². The fourth-order valence-corrected chi connectivity index (χ4v) is 1.77. The standard InChI is InChI=1S/C12H16N4O/c1-9(2)5-4-6-16-12(17)10-7-13-15(3)11(10)8-14-16/h7-8H,1,4-6H2,2-3H3. The lowest BCUT2D eigenvalue weighted by atomic mass is 10.2. The molecule has 0 bridgehead atoms. The number of rotatable bonds is 4. The van der Waals surface area contributed by atoms with Gasteiger partial charge in [-0.05, 0) is 19.8 Å². The van der Waals surface area contributed by atoms with Crippen LogP contribution in [0.1, 0.15) is 19.8 Å². The molecule has 0 fully saturated rings. The van der Waals surface area contributed by atoms with Crippen LogP contribution in [0.2, 0.25) is 0 Å². The Kier molecular flexibility index (Phi) is 3.08. The van der Waals surface area contributed by atoms with Crippen LogP contribution in [0.5, 0.6) is 0 Å². The SMILES string of the molecule is C=C(C)CCCn1ncc2c(cnn2C)c1=O. The molecule has 0 aliphatic rings. The lowest BCUT2D eigenvalue weighted by Gasteiger charge is -2.04. The second-order valence-corrected chi connectivity index (χ2v) is 4.30. The van der Waals surface area contributed by atoms with E-state index in [1.165, 1.54) is 4.68 Å². The highest BCUT2D eigenvalue weighted by atomic mass is 16.1. The van der Waals surface area contributed by atoms with E-state index >= 15 is 0 Å². The van der Waals surface area contributed by atoms with Crippen molar-refractivity contribution in [1.82, 2.24) is 19.6 Å². The number of fused-ring (bicyclic) bond motifs is 1. The molecular weight excluding hydrogens is 216 g/mol. The van der Waals surface area contributed by atoms with E-state index in [0.717, 1.165) is 23.9 Å². The van der Waals surface area contributed by atoms with Crippen molar-refractivity contribution >= 4 is 10.9 Å². The van der Waals surface area contributed by atoms with Crippen molar-refractivity contribution in [3.63, 3.8) is 0 Å². The third-order valence-electron chi connectivity index (χ3n) is 2.74. The largest absolute Gasteiger partial charge is 0.277 e. The summed E-state index contributed by atoms with van der Waals surface area (Å²) in [6.07, 6.45) is 5.08. The molecule has 0 saturated carbocycles. The van der Waals surface area contributed by atoms with Gasteiger partial charge in [0.15, 0.2) is 0 Å². The molecule has 0 atom stereocenters. The van der Waals surface area contributed by atoms with Crippen LogP contribution in [0.15, 0.2) is 29.3 Å². The van der Waals surface area contributed by atoms with Gasteiger partial charge in [0.25, 0.3) is 5.56 Å². The van der Waals surface area contributed by atoms with E-state index in [1.54, 1.807) is 24.1 Å². The van der Waals surface area contributed by atoms with E-state index in [1.807, 2.05) is 6.92 Å². The van der Waals surface area contributed by atoms with Gasteiger partial charge in [-0.3, -0.25) is 9.48 Å². The normalized spacial score (nSPS) is 10.9. The Morgan fingerprint density at radius 3 is 2.88 bits per heavy atom. The van der Waals surface area contributed by atoms with E-state index < -0.39 is 0 Å². The first-order chi connectivity index (χ1) is 8.09. The summed E-state index contributed by atoms with van der Waals surface area (Å²) in [6.45, 7) is 6.45. The molecule has 2 heterocycles. The van der Waals surface area contributed by atoms with E-state index in [-0.39, 0.29) is 5.56 Å². The third kappa shape index (κ3) is 2.27. The average molecular weight is 232 g/mol. The second-order valence-electron chi connectivity index (χ2n) is 4.30. The van der Waals surface area contributed by atoms with Crippen molar-refractivity contribution in [3.8, 4) is 0 Å². The molecule has 2 aromatic heterocycles. The molecular formula is C12H16N4O. The van der Waals surface area contributed by atoms with Gasteiger partial charge in [-0.2, -0.15) is 10.2 Å². The average Bonchev–Trinajstić information content (AvgIpc) is 2.64. The van der Waals surface area contributed by atoms with Crippen LogP contribution >= 0.6 is 0 Å². The van der Waals surface area contributed by atoms with Crippen molar-refractivity contribution in [2.24, 2.45) is 7.05 Å². The minimum Gasteiger partial charge on any atom is -0.267 e. The molecule has 0 spiro atoms. The minimum atomic E-state index is -0.0719. The molecule has 2 aromatic rings. The minimum absolute atomic E-state index is 0.0719. The van der Waals surface area contributed by atoms with Gasteiger partial charge in [0.2, 0.25) is 0 Å². The number of allylic oxidation sites excluding steroid dienone is 1. The fraction of sp³-hybridized carbons (Fsp3) is 0.417. The molecule has 5 heteroatoms. The molecule has 0 amide bonds. The van der Waals surface area contributed by atoms with Crippen molar-refractivity contribution in [1.29, 1.82) is 0 Å². The summed E-state index contributed by atoms with van der Waals surface area (Å²) in [5, 5.41) is 8.83. The van der Waals surface area contributed by atoms with Gasteiger partial charge >= 0.3 is 0 Å². The second kappa shape index (κ2) is 4.53. The van der Waals surface area contributed by atoms with Crippen LogP contribution in [0.25, 0.3) is 10.9 Å².